The summed E-state index contributed by atoms with van der Waals surface area (Å²) in [7, 11) is 0. The molecular weight excluding hydrogens is 483 g/mol. The molecule has 2 heterocycles. The van der Waals surface area contributed by atoms with E-state index in [4.69, 9.17) is 0 Å². The van der Waals surface area contributed by atoms with Gasteiger partial charge in [0.05, 0.1) is 10.7 Å². The van der Waals surface area contributed by atoms with E-state index in [0.29, 0.717) is 0 Å². The highest BCUT2D eigenvalue weighted by Crippen LogP contribution is 2.40. The van der Waals surface area contributed by atoms with Crippen LogP contribution in [0.15, 0.2) is 64.0 Å². The molecule has 1 N–H and O–H groups in total. The summed E-state index contributed by atoms with van der Waals surface area (Å²) in [5, 5.41) is 6.02. The van der Waals surface area contributed by atoms with Gasteiger partial charge in [-0.25, -0.2) is 0 Å². The second-order valence-corrected chi connectivity index (χ2v) is 8.57. The van der Waals surface area contributed by atoms with E-state index in [1.54, 1.807) is 11.8 Å². The molecule has 0 spiro atoms. The minimum Gasteiger partial charge on any atom is -1.00 e. The zero-order chi connectivity index (χ0) is 18.1. The van der Waals surface area contributed by atoms with Crippen molar-refractivity contribution in [2.24, 2.45) is 0 Å². The molecule has 140 valence electrons. The predicted octanol–water partition coefficient (Wildman–Crippen LogP) is 3.24. The SMILES string of the molecule is CCc1cccc2sc(C=C(C)C=C3Nc4ccccc4S3)[n+](CC)c12.[I-]. The van der Waals surface area contributed by atoms with Gasteiger partial charge in [0.25, 0.3) is 5.01 Å². The number of hydrogen-bond acceptors (Lipinski definition) is 3. The van der Waals surface area contributed by atoms with Crippen molar-refractivity contribution in [3.05, 3.63) is 69.7 Å². The molecule has 0 saturated carbocycles. The number of halogens is 1. The van der Waals surface area contributed by atoms with E-state index in [1.165, 1.54) is 42.0 Å². The van der Waals surface area contributed by atoms with Crippen LogP contribution >= 0.6 is 23.1 Å². The molecule has 0 atom stereocenters. The van der Waals surface area contributed by atoms with Crippen LogP contribution in [0.25, 0.3) is 16.3 Å². The first-order chi connectivity index (χ1) is 12.7. The Hall–Kier alpha value is -1.31. The maximum atomic E-state index is 3.50. The fraction of sp³-hybridized carbons (Fsp3) is 0.227. The Morgan fingerprint density at radius 3 is 2.67 bits per heavy atom. The molecule has 2 nitrogen and oxygen atoms in total. The second-order valence-electron chi connectivity index (χ2n) is 6.42. The van der Waals surface area contributed by atoms with Crippen LogP contribution in [0.5, 0.6) is 0 Å². The molecule has 1 aromatic heterocycles. The first kappa shape index (κ1) is 20.4. The molecule has 3 aromatic rings. The zero-order valence-electron chi connectivity index (χ0n) is 15.8. The van der Waals surface area contributed by atoms with Crippen molar-refractivity contribution in [2.45, 2.75) is 38.6 Å². The largest absolute Gasteiger partial charge is 1.00 e. The number of rotatable bonds is 4. The molecular formula is C22H23IN2S2. The normalized spacial score (nSPS) is 14.9. The Bertz CT molecular complexity index is 1010. The number of allylic oxidation sites excluding steroid dienone is 2. The number of thiazole rings is 1. The number of nitrogens with one attached hydrogen (secondary N) is 1. The number of para-hydroxylation sites is 2. The first-order valence-electron chi connectivity index (χ1n) is 9.07. The van der Waals surface area contributed by atoms with Crippen molar-refractivity contribution in [2.75, 3.05) is 5.32 Å². The lowest BCUT2D eigenvalue weighted by Crippen LogP contribution is -3.00. The highest BCUT2D eigenvalue weighted by atomic mass is 127. The minimum atomic E-state index is 0. The van der Waals surface area contributed by atoms with Crippen LogP contribution in [0.1, 0.15) is 31.3 Å². The van der Waals surface area contributed by atoms with E-state index >= 15 is 0 Å². The van der Waals surface area contributed by atoms with Crippen LogP contribution in [-0.4, -0.2) is 0 Å². The summed E-state index contributed by atoms with van der Waals surface area (Å²) >= 11 is 3.68. The number of hydrogen-bond donors (Lipinski definition) is 1. The van der Waals surface area contributed by atoms with E-state index in [9.17, 15) is 0 Å². The molecule has 0 aliphatic carbocycles. The maximum absolute atomic E-state index is 3.50. The lowest BCUT2D eigenvalue weighted by atomic mass is 10.1. The molecule has 5 heteroatoms. The third kappa shape index (κ3) is 4.10. The Kier molecular flexibility index (Phi) is 6.65. The monoisotopic (exact) mass is 506 g/mol. The molecule has 2 aromatic carbocycles. The Morgan fingerprint density at radius 2 is 1.93 bits per heavy atom. The second kappa shape index (κ2) is 8.80. The van der Waals surface area contributed by atoms with E-state index in [2.05, 4.69) is 85.3 Å². The number of thioether (sulfide) groups is 1. The molecule has 1 aliphatic rings. The summed E-state index contributed by atoms with van der Waals surface area (Å²) in [6.45, 7) is 7.64. The fourth-order valence-corrected chi connectivity index (χ4v) is 5.69. The molecule has 27 heavy (non-hydrogen) atoms. The minimum absolute atomic E-state index is 0. The third-order valence-corrected chi connectivity index (χ3v) is 6.72. The van der Waals surface area contributed by atoms with Crippen molar-refractivity contribution in [3.63, 3.8) is 0 Å². The van der Waals surface area contributed by atoms with Gasteiger partial charge < -0.3 is 29.3 Å². The van der Waals surface area contributed by atoms with Gasteiger partial charge in [-0.2, -0.15) is 4.57 Å². The van der Waals surface area contributed by atoms with E-state index in [-0.39, 0.29) is 24.0 Å². The smallest absolute Gasteiger partial charge is 0.263 e. The maximum Gasteiger partial charge on any atom is 0.263 e. The van der Waals surface area contributed by atoms with Crippen LogP contribution in [-0.2, 0) is 13.0 Å². The van der Waals surface area contributed by atoms with Crippen molar-refractivity contribution in [3.8, 4) is 0 Å². The summed E-state index contributed by atoms with van der Waals surface area (Å²) in [4.78, 5) is 1.30. The van der Waals surface area contributed by atoms with Gasteiger partial charge >= 0.3 is 0 Å². The summed E-state index contributed by atoms with van der Waals surface area (Å²) in [6, 6.07) is 15.1. The van der Waals surface area contributed by atoms with Gasteiger partial charge in [0.15, 0.2) is 0 Å². The van der Waals surface area contributed by atoms with Crippen molar-refractivity contribution in [1.82, 2.24) is 0 Å². The Balaban J connectivity index is 0.00000210. The van der Waals surface area contributed by atoms with Crippen molar-refractivity contribution < 1.29 is 28.5 Å². The number of fused-ring (bicyclic) bond motifs is 2. The lowest BCUT2D eigenvalue weighted by Gasteiger charge is -1.99. The van der Waals surface area contributed by atoms with Gasteiger partial charge in [0.1, 0.15) is 11.2 Å². The van der Waals surface area contributed by atoms with Gasteiger partial charge in [-0.3, -0.25) is 0 Å². The summed E-state index contributed by atoms with van der Waals surface area (Å²) in [6.07, 6.45) is 5.63. The van der Waals surface area contributed by atoms with Gasteiger partial charge in [-0.05, 0) is 50.1 Å². The number of anilines is 1. The molecule has 1 aliphatic heterocycles. The summed E-state index contributed by atoms with van der Waals surface area (Å²) in [5.41, 5.74) is 5.30. The molecule has 0 unspecified atom stereocenters. The van der Waals surface area contributed by atoms with Crippen LogP contribution in [0.2, 0.25) is 0 Å². The average Bonchev–Trinajstić information content (AvgIpc) is 3.20. The summed E-state index contributed by atoms with van der Waals surface area (Å²) < 4.78 is 3.82. The van der Waals surface area contributed by atoms with Crippen LogP contribution in [0.3, 0.4) is 0 Å². The molecule has 0 radical (unpaired) electrons. The Labute approximate surface area is 186 Å². The van der Waals surface area contributed by atoms with E-state index in [1.807, 2.05) is 11.3 Å². The molecule has 0 fully saturated rings. The van der Waals surface area contributed by atoms with Crippen molar-refractivity contribution in [1.29, 1.82) is 0 Å². The molecule has 0 amide bonds. The van der Waals surface area contributed by atoms with E-state index in [0.717, 1.165) is 13.0 Å². The number of aromatic nitrogens is 1. The van der Waals surface area contributed by atoms with Gasteiger partial charge in [0.2, 0.25) is 5.52 Å². The van der Waals surface area contributed by atoms with Gasteiger partial charge in [-0.1, -0.05) is 54.3 Å². The standard InChI is InChI=1S/C22H22N2S2.HI/c1-4-16-9-8-12-19-22(16)24(5-2)21(26-19)14-15(3)13-20-23-17-10-6-7-11-18(17)25-20;/h6-14H,4-5H2,1-3H3;1H. The highest BCUT2D eigenvalue weighted by molar-refractivity contribution is 8.03. The molecule has 0 bridgehead atoms. The van der Waals surface area contributed by atoms with Crippen LogP contribution in [0.4, 0.5) is 5.69 Å². The predicted molar refractivity (Wildman–Crippen MR) is 115 cm³/mol. The van der Waals surface area contributed by atoms with Gasteiger partial charge in [0, 0.05) is 16.5 Å². The average molecular weight is 506 g/mol. The van der Waals surface area contributed by atoms with Crippen LogP contribution < -0.4 is 33.9 Å². The zero-order valence-corrected chi connectivity index (χ0v) is 19.5. The number of nitrogens with zero attached hydrogens (tertiary/aromatic N) is 1. The third-order valence-electron chi connectivity index (χ3n) is 4.60. The fourth-order valence-electron chi connectivity index (χ4n) is 3.39. The van der Waals surface area contributed by atoms with Crippen molar-refractivity contribution >= 4 is 45.1 Å². The number of aryl methyl sites for hydroxylation is 2. The highest BCUT2D eigenvalue weighted by Gasteiger charge is 2.20. The van der Waals surface area contributed by atoms with Crippen LogP contribution in [0, 0.1) is 0 Å². The van der Waals surface area contributed by atoms with E-state index < -0.39 is 0 Å². The quantitative estimate of drug-likeness (QED) is 0.432. The topological polar surface area (TPSA) is 15.9 Å². The number of benzene rings is 2. The molecule has 4 rings (SSSR count). The molecule has 0 saturated heterocycles. The summed E-state index contributed by atoms with van der Waals surface area (Å²) in [5.74, 6) is 0. The Morgan fingerprint density at radius 1 is 1.11 bits per heavy atom. The first-order valence-corrected chi connectivity index (χ1v) is 10.7. The van der Waals surface area contributed by atoms with Gasteiger partial charge in [-0.15, -0.1) is 0 Å². The lowest BCUT2D eigenvalue weighted by molar-refractivity contribution is -0.665.